The minimum atomic E-state index is -3.87. The molecule has 0 bridgehead atoms. The molecule has 5 aromatic rings. The van der Waals surface area contributed by atoms with Crippen LogP contribution >= 0.6 is 18.0 Å². The maximum atomic E-state index is 14.8. The predicted molar refractivity (Wildman–Crippen MR) is 205 cm³/mol. The van der Waals surface area contributed by atoms with E-state index in [4.69, 9.17) is 28.2 Å². The van der Waals surface area contributed by atoms with Gasteiger partial charge in [-0.1, -0.05) is 91.0 Å². The van der Waals surface area contributed by atoms with Gasteiger partial charge in [-0.25, -0.2) is 19.2 Å². The highest BCUT2D eigenvalue weighted by atomic mass is 32.7. The fourth-order valence-electron chi connectivity index (χ4n) is 5.70. The molecule has 6 atom stereocenters. The Morgan fingerprint density at radius 2 is 0.927 bits per heavy atom. The van der Waals surface area contributed by atoms with Crippen LogP contribution < -0.4 is 5.30 Å². The number of ether oxygens (including phenoxy) is 5. The van der Waals surface area contributed by atoms with E-state index in [1.165, 1.54) is 36.4 Å². The van der Waals surface area contributed by atoms with Crippen LogP contribution in [-0.4, -0.2) is 66.9 Å². The number of esters is 4. The largest absolute Gasteiger partial charge is 0.459 e. The Balaban J connectivity index is 1.46. The molecule has 0 N–H and O–H groups in total. The Kier molecular flexibility index (Phi) is 13.3. The summed E-state index contributed by atoms with van der Waals surface area (Å²) in [6, 6.07) is 40.9. The second-order valence-electron chi connectivity index (χ2n) is 12.1. The van der Waals surface area contributed by atoms with E-state index in [0.29, 0.717) is 5.30 Å². The molecule has 0 saturated carbocycles. The first-order valence-electron chi connectivity index (χ1n) is 17.4. The lowest BCUT2D eigenvalue weighted by molar-refractivity contribution is -0.207. The smallest absolute Gasteiger partial charge is 0.338 e. The summed E-state index contributed by atoms with van der Waals surface area (Å²) in [7, 11) is 0. The zero-order chi connectivity index (χ0) is 38.6. The number of rotatable bonds is 14. The van der Waals surface area contributed by atoms with Crippen molar-refractivity contribution in [3.63, 3.8) is 0 Å². The summed E-state index contributed by atoms with van der Waals surface area (Å²) in [5, 5.41) is 0.334. The molecule has 1 unspecified atom stereocenters. The van der Waals surface area contributed by atoms with Crippen LogP contribution in [0, 0.1) is 0 Å². The Morgan fingerprint density at radius 3 is 1.36 bits per heavy atom. The molecule has 0 aliphatic carbocycles. The lowest BCUT2D eigenvalue weighted by Crippen LogP contribution is -2.61. The van der Waals surface area contributed by atoms with E-state index in [0.717, 1.165) is 11.4 Å². The van der Waals surface area contributed by atoms with Crippen molar-refractivity contribution < 1.29 is 52.0 Å². The van der Waals surface area contributed by atoms with Crippen molar-refractivity contribution in [3.8, 4) is 0 Å². The Labute approximate surface area is 322 Å². The van der Waals surface area contributed by atoms with Crippen LogP contribution in [0.15, 0.2) is 152 Å². The maximum absolute atomic E-state index is 14.8. The first kappa shape index (κ1) is 39.2. The predicted octanol–water partition coefficient (Wildman–Crippen LogP) is 7.53. The normalized spacial score (nSPS) is 20.3. The quantitative estimate of drug-likeness (QED) is 0.0625. The van der Waals surface area contributed by atoms with Crippen molar-refractivity contribution in [2.24, 2.45) is 0 Å². The van der Waals surface area contributed by atoms with E-state index >= 15 is 0 Å². The first-order valence-corrected chi connectivity index (χ1v) is 20.5. The van der Waals surface area contributed by atoms with Crippen LogP contribution in [-0.2, 0) is 32.8 Å². The molecule has 1 aliphatic heterocycles. The highest BCUT2D eigenvalue weighted by Crippen LogP contribution is 2.62. The minimum absolute atomic E-state index is 0.0439. The molecule has 1 fully saturated rings. The van der Waals surface area contributed by atoms with E-state index in [-0.39, 0.29) is 28.9 Å². The number of hydrogen-bond acceptors (Lipinski definition) is 12. The number of carbonyl (C=O) groups excluding carboxylic acids is 4. The van der Waals surface area contributed by atoms with Gasteiger partial charge in [0, 0.05) is 5.30 Å². The van der Waals surface area contributed by atoms with E-state index in [1.54, 1.807) is 122 Å². The SMILES string of the molecule is CCOP(=O)(S[C@@H]1O[C@H](COC(=O)c2ccccc2)[C@@H](OC(=O)c2ccccc2)[C@H](OC(=O)c2ccccc2)[C@@H]1OC(=O)c1ccccc1)c1ccccc1. The Hall–Kier alpha value is -5.52. The monoisotopic (exact) mass is 780 g/mol. The van der Waals surface area contributed by atoms with Gasteiger partial charge in [-0.3, -0.25) is 4.57 Å². The summed E-state index contributed by atoms with van der Waals surface area (Å²) >= 11 is 0.731. The van der Waals surface area contributed by atoms with Crippen LogP contribution in [0.25, 0.3) is 0 Å². The molecule has 0 spiro atoms. The molecular formula is C42H37O11PS. The van der Waals surface area contributed by atoms with Gasteiger partial charge in [0.1, 0.15) is 12.7 Å². The summed E-state index contributed by atoms with van der Waals surface area (Å²) < 4.78 is 51.3. The summed E-state index contributed by atoms with van der Waals surface area (Å²) in [5.41, 5.74) is -0.683. The summed E-state index contributed by atoms with van der Waals surface area (Å²) in [6.07, 6.45) is -6.02. The topological polar surface area (TPSA) is 141 Å². The van der Waals surface area contributed by atoms with Gasteiger partial charge in [-0.2, -0.15) is 0 Å². The molecular weight excluding hydrogens is 743 g/mol. The lowest BCUT2D eigenvalue weighted by atomic mass is 9.98. The highest BCUT2D eigenvalue weighted by molar-refractivity contribution is 8.59. The molecule has 55 heavy (non-hydrogen) atoms. The summed E-state index contributed by atoms with van der Waals surface area (Å²) in [5.74, 6) is -3.19. The molecule has 1 heterocycles. The van der Waals surface area contributed by atoms with E-state index in [2.05, 4.69) is 0 Å². The van der Waals surface area contributed by atoms with Crippen molar-refractivity contribution in [3.05, 3.63) is 174 Å². The van der Waals surface area contributed by atoms with Gasteiger partial charge in [0.25, 0.3) is 6.57 Å². The standard InChI is InChI=1S/C42H37O11PS/c1-2-49-54(47,33-26-16-7-17-27-33)55-42-37(53-41(46)32-24-14-6-15-25-32)36(52-40(45)31-22-12-5-13-23-31)35(51-39(44)30-20-10-4-11-21-30)34(50-42)28-48-38(43)29-18-8-3-9-19-29/h3-27,34-37,42H,2,28H2,1H3/t34-,35-,36+,37+,42+,54?/m1/s1. The Morgan fingerprint density at radius 1 is 0.545 bits per heavy atom. The fraction of sp³-hybridized carbons (Fsp3) is 0.190. The maximum Gasteiger partial charge on any atom is 0.338 e. The van der Waals surface area contributed by atoms with Gasteiger partial charge >= 0.3 is 23.9 Å². The Bertz CT molecular complexity index is 2090. The third-order valence-electron chi connectivity index (χ3n) is 8.35. The molecule has 5 aromatic carbocycles. The zero-order valence-corrected chi connectivity index (χ0v) is 31.3. The molecule has 11 nitrogen and oxygen atoms in total. The van der Waals surface area contributed by atoms with Crippen molar-refractivity contribution in [2.45, 2.75) is 36.8 Å². The molecule has 1 saturated heterocycles. The molecule has 13 heteroatoms. The van der Waals surface area contributed by atoms with E-state index < -0.39 is 66.9 Å². The van der Waals surface area contributed by atoms with Gasteiger partial charge in [-0.15, -0.1) is 0 Å². The third kappa shape index (κ3) is 9.97. The van der Waals surface area contributed by atoms with Gasteiger partial charge in [0.2, 0.25) is 0 Å². The second kappa shape index (κ2) is 18.7. The van der Waals surface area contributed by atoms with Crippen molar-refractivity contribution >= 4 is 47.1 Å². The number of carbonyl (C=O) groups is 4. The summed E-state index contributed by atoms with van der Waals surface area (Å²) in [6.45, 7) is -2.66. The van der Waals surface area contributed by atoms with Crippen molar-refractivity contribution in [1.82, 2.24) is 0 Å². The number of hydrogen-bond donors (Lipinski definition) is 0. The molecule has 282 valence electrons. The van der Waals surface area contributed by atoms with Crippen molar-refractivity contribution in [2.75, 3.05) is 13.2 Å². The average molecular weight is 781 g/mol. The minimum Gasteiger partial charge on any atom is -0.459 e. The van der Waals surface area contributed by atoms with E-state index in [1.807, 2.05) is 0 Å². The van der Waals surface area contributed by atoms with Crippen LogP contribution in [0.4, 0.5) is 0 Å². The van der Waals surface area contributed by atoms with Crippen LogP contribution in [0.2, 0.25) is 0 Å². The van der Waals surface area contributed by atoms with Gasteiger partial charge in [0.15, 0.2) is 23.7 Å². The molecule has 0 amide bonds. The van der Waals surface area contributed by atoms with Crippen LogP contribution in [0.1, 0.15) is 48.4 Å². The molecule has 6 rings (SSSR count). The highest BCUT2D eigenvalue weighted by Gasteiger charge is 2.55. The number of benzene rings is 5. The third-order valence-corrected chi connectivity index (χ3v) is 13.1. The fourth-order valence-corrected chi connectivity index (χ4v) is 10.3. The average Bonchev–Trinajstić information content (AvgIpc) is 3.23. The molecule has 1 aliphatic rings. The second-order valence-corrected chi connectivity index (χ2v) is 16.6. The van der Waals surface area contributed by atoms with Crippen LogP contribution in [0.5, 0.6) is 0 Å². The zero-order valence-electron chi connectivity index (χ0n) is 29.6. The lowest BCUT2D eigenvalue weighted by Gasteiger charge is -2.44. The first-order chi connectivity index (χ1) is 26.8. The molecule has 0 aromatic heterocycles. The van der Waals surface area contributed by atoms with E-state index in [9.17, 15) is 23.7 Å². The van der Waals surface area contributed by atoms with Gasteiger partial charge in [0.05, 0.1) is 28.9 Å². The van der Waals surface area contributed by atoms with Gasteiger partial charge in [-0.05, 0) is 79.0 Å². The summed E-state index contributed by atoms with van der Waals surface area (Å²) in [4.78, 5) is 54.7. The van der Waals surface area contributed by atoms with Crippen molar-refractivity contribution in [1.29, 1.82) is 0 Å². The van der Waals surface area contributed by atoms with Gasteiger partial charge < -0.3 is 28.2 Å². The molecule has 0 radical (unpaired) electrons. The van der Waals surface area contributed by atoms with Crippen LogP contribution in [0.3, 0.4) is 0 Å².